The van der Waals surface area contributed by atoms with Gasteiger partial charge in [-0.25, -0.2) is 0 Å². The van der Waals surface area contributed by atoms with E-state index in [2.05, 4.69) is 28.2 Å². The SMILES string of the molecule is CCCCCCCCCCCCCC[C@@H](O)[C@@H](O)[C@H](CO[C@H]1O[C@H](CO)[C@H](O)[C@H](O)[C@H]1O)NC(=O)Cc1ccc(Br)cc1. The summed E-state index contributed by atoms with van der Waals surface area (Å²) in [7, 11) is 0. The molecule has 10 nitrogen and oxygen atoms in total. The van der Waals surface area contributed by atoms with Crippen LogP contribution in [0.2, 0.25) is 0 Å². The molecule has 0 aromatic heterocycles. The van der Waals surface area contributed by atoms with Crippen molar-refractivity contribution in [1.82, 2.24) is 5.32 Å². The van der Waals surface area contributed by atoms with Gasteiger partial charge in [-0.3, -0.25) is 4.79 Å². The zero-order valence-electron chi connectivity index (χ0n) is 25.5. The van der Waals surface area contributed by atoms with E-state index in [1.54, 1.807) is 12.1 Å². The Morgan fingerprint density at radius 3 is 2.00 bits per heavy atom. The zero-order chi connectivity index (χ0) is 31.6. The molecule has 1 aliphatic heterocycles. The summed E-state index contributed by atoms with van der Waals surface area (Å²) >= 11 is 3.36. The van der Waals surface area contributed by atoms with Crippen LogP contribution in [-0.2, 0) is 20.7 Å². The van der Waals surface area contributed by atoms with Crippen LogP contribution in [0.15, 0.2) is 28.7 Å². The lowest BCUT2D eigenvalue weighted by Gasteiger charge is -2.40. The number of nitrogens with one attached hydrogen (secondary N) is 1. The van der Waals surface area contributed by atoms with Gasteiger partial charge < -0.3 is 45.4 Å². The largest absolute Gasteiger partial charge is 0.394 e. The highest BCUT2D eigenvalue weighted by atomic mass is 79.9. The number of ether oxygens (including phenoxy) is 2. The van der Waals surface area contributed by atoms with Crippen molar-refractivity contribution in [3.8, 4) is 0 Å². The van der Waals surface area contributed by atoms with Gasteiger partial charge in [0.1, 0.15) is 30.5 Å². The third-order valence-electron chi connectivity index (χ3n) is 8.07. The maximum atomic E-state index is 12.9. The fourth-order valence-corrected chi connectivity index (χ4v) is 5.57. The lowest BCUT2D eigenvalue weighted by Crippen LogP contribution is -2.60. The number of carbonyl (C=O) groups excluding carboxylic acids is 1. The van der Waals surface area contributed by atoms with Crippen molar-refractivity contribution < 1.29 is 44.9 Å². The van der Waals surface area contributed by atoms with E-state index < -0.39 is 61.5 Å². The number of hydrogen-bond donors (Lipinski definition) is 7. The van der Waals surface area contributed by atoms with E-state index in [0.717, 1.165) is 35.7 Å². The summed E-state index contributed by atoms with van der Waals surface area (Å²) in [6, 6.07) is 6.16. The Balaban J connectivity index is 1.85. The van der Waals surface area contributed by atoms with Crippen LogP contribution in [-0.4, -0.2) is 98.7 Å². The van der Waals surface area contributed by atoms with Gasteiger partial charge in [-0.05, 0) is 24.1 Å². The number of rotatable bonds is 22. The van der Waals surface area contributed by atoms with Gasteiger partial charge in [-0.2, -0.15) is 0 Å². The van der Waals surface area contributed by atoms with Crippen LogP contribution >= 0.6 is 15.9 Å². The van der Waals surface area contributed by atoms with Gasteiger partial charge in [0, 0.05) is 4.47 Å². The van der Waals surface area contributed by atoms with Crippen LogP contribution in [0.1, 0.15) is 96.0 Å². The predicted molar refractivity (Wildman–Crippen MR) is 167 cm³/mol. The van der Waals surface area contributed by atoms with Gasteiger partial charge >= 0.3 is 0 Å². The van der Waals surface area contributed by atoms with Gasteiger partial charge in [0.05, 0.1) is 31.8 Å². The van der Waals surface area contributed by atoms with E-state index in [1.807, 2.05) is 12.1 Å². The molecular weight excluding hydrogens is 622 g/mol. The number of halogens is 1. The first-order chi connectivity index (χ1) is 20.7. The number of hydrogen-bond acceptors (Lipinski definition) is 9. The second-order valence-electron chi connectivity index (χ2n) is 11.7. The molecule has 1 amide bonds. The van der Waals surface area contributed by atoms with Crippen LogP contribution in [0.3, 0.4) is 0 Å². The van der Waals surface area contributed by atoms with Crippen molar-refractivity contribution in [2.75, 3.05) is 13.2 Å². The van der Waals surface area contributed by atoms with Gasteiger partial charge in [0.15, 0.2) is 6.29 Å². The van der Waals surface area contributed by atoms with E-state index in [1.165, 1.54) is 51.4 Å². The minimum Gasteiger partial charge on any atom is -0.394 e. The smallest absolute Gasteiger partial charge is 0.224 e. The molecule has 0 radical (unpaired) electrons. The van der Waals surface area contributed by atoms with Crippen molar-refractivity contribution in [1.29, 1.82) is 0 Å². The monoisotopic (exact) mass is 675 g/mol. The molecule has 43 heavy (non-hydrogen) atoms. The van der Waals surface area contributed by atoms with E-state index in [0.29, 0.717) is 6.42 Å². The molecule has 248 valence electrons. The summed E-state index contributed by atoms with van der Waals surface area (Å²) < 4.78 is 11.9. The average molecular weight is 677 g/mol. The van der Waals surface area contributed by atoms with Crippen LogP contribution in [0, 0.1) is 0 Å². The Hall–Kier alpha value is -1.15. The quantitative estimate of drug-likeness (QED) is 0.0913. The molecule has 1 saturated heterocycles. The molecule has 7 N–H and O–H groups in total. The van der Waals surface area contributed by atoms with E-state index in [9.17, 15) is 35.4 Å². The van der Waals surface area contributed by atoms with Crippen LogP contribution < -0.4 is 5.32 Å². The number of unbranched alkanes of at least 4 members (excludes halogenated alkanes) is 11. The van der Waals surface area contributed by atoms with E-state index in [4.69, 9.17) is 9.47 Å². The number of aliphatic hydroxyl groups excluding tert-OH is 6. The average Bonchev–Trinajstić information content (AvgIpc) is 3.00. The van der Waals surface area contributed by atoms with Crippen molar-refractivity contribution in [3.63, 3.8) is 0 Å². The standard InChI is InChI=1S/C32H54BrNO9/c1-2-3-4-5-6-7-8-9-10-11-12-13-14-25(36)28(38)24(34-27(37)19-22-15-17-23(33)18-16-22)21-42-32-31(41)30(40)29(39)26(20-35)43-32/h15-18,24-26,28-32,35-36,38-41H,2-14,19-21H2,1H3,(H,34,37)/t24-,25+,26+,28-,29-,30-,31+,32-/m0/s1. The summed E-state index contributed by atoms with van der Waals surface area (Å²) in [5, 5.41) is 64.4. The topological polar surface area (TPSA) is 169 Å². The highest BCUT2D eigenvalue weighted by molar-refractivity contribution is 9.10. The first-order valence-electron chi connectivity index (χ1n) is 16.0. The molecule has 1 fully saturated rings. The minimum absolute atomic E-state index is 0.0331. The fraction of sp³-hybridized carbons (Fsp3) is 0.781. The maximum Gasteiger partial charge on any atom is 0.224 e. The summed E-state index contributed by atoms with van der Waals surface area (Å²) in [5.41, 5.74) is 0.751. The molecule has 0 saturated carbocycles. The predicted octanol–water partition coefficient (Wildman–Crippen LogP) is 3.11. The zero-order valence-corrected chi connectivity index (χ0v) is 27.1. The second kappa shape index (κ2) is 21.6. The maximum absolute atomic E-state index is 12.9. The Morgan fingerprint density at radius 1 is 0.884 bits per heavy atom. The molecule has 11 heteroatoms. The molecule has 0 unspecified atom stereocenters. The molecule has 1 aromatic carbocycles. The molecule has 0 bridgehead atoms. The van der Waals surface area contributed by atoms with E-state index >= 15 is 0 Å². The second-order valence-corrected chi connectivity index (χ2v) is 12.7. The number of aliphatic hydroxyl groups is 6. The summed E-state index contributed by atoms with van der Waals surface area (Å²) in [6.07, 6.45) is 4.69. The Kier molecular flexibility index (Phi) is 19.1. The number of carbonyl (C=O) groups is 1. The first kappa shape index (κ1) is 38.0. The molecule has 2 rings (SSSR count). The van der Waals surface area contributed by atoms with Crippen LogP contribution in [0.4, 0.5) is 0 Å². The Labute approximate surface area is 264 Å². The molecule has 0 aliphatic carbocycles. The van der Waals surface area contributed by atoms with Gasteiger partial charge in [0.2, 0.25) is 5.91 Å². The first-order valence-corrected chi connectivity index (χ1v) is 16.8. The van der Waals surface area contributed by atoms with Gasteiger partial charge in [-0.1, -0.05) is 112 Å². The lowest BCUT2D eigenvalue weighted by atomic mass is 9.98. The third-order valence-corrected chi connectivity index (χ3v) is 8.60. The summed E-state index contributed by atoms with van der Waals surface area (Å²) in [6.45, 7) is 1.26. The molecule has 0 spiro atoms. The van der Waals surface area contributed by atoms with Crippen LogP contribution in [0.5, 0.6) is 0 Å². The molecule has 1 heterocycles. The Bertz CT molecular complexity index is 875. The number of benzene rings is 1. The van der Waals surface area contributed by atoms with Crippen LogP contribution in [0.25, 0.3) is 0 Å². The summed E-state index contributed by atoms with van der Waals surface area (Å²) in [4.78, 5) is 12.9. The fourth-order valence-electron chi connectivity index (χ4n) is 5.31. The van der Waals surface area contributed by atoms with Gasteiger partial charge in [0.25, 0.3) is 0 Å². The highest BCUT2D eigenvalue weighted by Crippen LogP contribution is 2.23. The molecule has 1 aliphatic rings. The van der Waals surface area contributed by atoms with Crippen molar-refractivity contribution in [3.05, 3.63) is 34.3 Å². The molecular formula is C32H54BrNO9. The lowest BCUT2D eigenvalue weighted by molar-refractivity contribution is -0.303. The normalized spacial score (nSPS) is 24.4. The van der Waals surface area contributed by atoms with Gasteiger partial charge in [-0.15, -0.1) is 0 Å². The molecule has 1 aromatic rings. The van der Waals surface area contributed by atoms with Crippen molar-refractivity contribution >= 4 is 21.8 Å². The Morgan fingerprint density at radius 2 is 1.44 bits per heavy atom. The highest BCUT2D eigenvalue weighted by Gasteiger charge is 2.44. The number of amides is 1. The summed E-state index contributed by atoms with van der Waals surface area (Å²) in [5.74, 6) is -0.402. The third kappa shape index (κ3) is 14.2. The minimum atomic E-state index is -1.62. The van der Waals surface area contributed by atoms with Crippen molar-refractivity contribution in [2.24, 2.45) is 0 Å². The molecule has 8 atom stereocenters. The van der Waals surface area contributed by atoms with Crippen molar-refractivity contribution in [2.45, 2.75) is 146 Å². The van der Waals surface area contributed by atoms with E-state index in [-0.39, 0.29) is 13.0 Å².